The Morgan fingerprint density at radius 1 is 0.963 bits per heavy atom. The number of hydrogen-bond acceptors (Lipinski definition) is 6. The van der Waals surface area contributed by atoms with Crippen LogP contribution in [0.15, 0.2) is 60.8 Å². The second kappa shape index (κ2) is 9.64. The molecule has 27 heavy (non-hydrogen) atoms. The van der Waals surface area contributed by atoms with Crippen molar-refractivity contribution in [3.8, 4) is 11.5 Å². The van der Waals surface area contributed by atoms with Crippen LogP contribution in [0.2, 0.25) is 5.02 Å². The van der Waals surface area contributed by atoms with Gasteiger partial charge in [0.05, 0.1) is 13.7 Å². The third kappa shape index (κ3) is 5.76. The third-order valence-electron chi connectivity index (χ3n) is 3.79. The Balaban J connectivity index is 1.45. The van der Waals surface area contributed by atoms with E-state index in [0.717, 1.165) is 27.9 Å². The Hall–Kier alpha value is -2.99. The molecule has 0 atom stereocenters. The molecule has 0 aliphatic rings. The zero-order chi connectivity index (χ0) is 18.9. The van der Waals surface area contributed by atoms with Crippen LogP contribution in [0.1, 0.15) is 5.56 Å². The highest BCUT2D eigenvalue weighted by atomic mass is 35.5. The zero-order valence-corrected chi connectivity index (χ0v) is 15.7. The molecule has 0 unspecified atom stereocenters. The highest BCUT2D eigenvalue weighted by Gasteiger charge is 2.02. The molecule has 2 N–H and O–H groups in total. The highest BCUT2D eigenvalue weighted by molar-refractivity contribution is 6.31. The number of halogens is 1. The largest absolute Gasteiger partial charge is 0.497 e. The van der Waals surface area contributed by atoms with Gasteiger partial charge in [0.15, 0.2) is 0 Å². The van der Waals surface area contributed by atoms with Crippen molar-refractivity contribution >= 4 is 23.4 Å². The van der Waals surface area contributed by atoms with Crippen LogP contribution in [0, 0.1) is 0 Å². The van der Waals surface area contributed by atoms with Crippen LogP contribution < -0.4 is 20.1 Å². The fourth-order valence-corrected chi connectivity index (χ4v) is 2.58. The van der Waals surface area contributed by atoms with E-state index >= 15 is 0 Å². The van der Waals surface area contributed by atoms with Crippen LogP contribution >= 0.6 is 11.6 Å². The van der Waals surface area contributed by atoms with E-state index in [1.165, 1.54) is 0 Å². The molecule has 0 amide bonds. The second-order valence-corrected chi connectivity index (χ2v) is 6.07. The van der Waals surface area contributed by atoms with Crippen molar-refractivity contribution in [2.45, 2.75) is 6.54 Å². The van der Waals surface area contributed by atoms with Gasteiger partial charge in [0.1, 0.15) is 23.9 Å². The van der Waals surface area contributed by atoms with Gasteiger partial charge in [0, 0.05) is 17.8 Å². The Bertz CT molecular complexity index is 859. The lowest BCUT2D eigenvalue weighted by molar-refractivity contribution is 0.331. The van der Waals surface area contributed by atoms with Gasteiger partial charge in [-0.1, -0.05) is 29.8 Å². The summed E-state index contributed by atoms with van der Waals surface area (Å²) in [5, 5.41) is 7.13. The van der Waals surface area contributed by atoms with Gasteiger partial charge < -0.3 is 20.1 Å². The highest BCUT2D eigenvalue weighted by Crippen LogP contribution is 2.17. The number of hydrogen-bond donors (Lipinski definition) is 2. The molecule has 3 rings (SSSR count). The summed E-state index contributed by atoms with van der Waals surface area (Å²) < 4.78 is 10.8. The number of methoxy groups -OCH3 is 1. The van der Waals surface area contributed by atoms with Gasteiger partial charge in [-0.05, 0) is 42.0 Å². The Labute approximate surface area is 163 Å². The van der Waals surface area contributed by atoms with Gasteiger partial charge in [-0.2, -0.15) is 4.98 Å². The summed E-state index contributed by atoms with van der Waals surface area (Å²) in [6.45, 7) is 1.67. The van der Waals surface area contributed by atoms with Crippen molar-refractivity contribution in [2.75, 3.05) is 30.9 Å². The summed E-state index contributed by atoms with van der Waals surface area (Å²) in [5.74, 6) is 2.85. The smallest absolute Gasteiger partial charge is 0.224 e. The molecule has 3 aromatic rings. The number of benzene rings is 2. The third-order valence-corrected chi connectivity index (χ3v) is 4.16. The predicted octanol–water partition coefficient (Wildman–Crippen LogP) is 4.24. The molecule has 7 heteroatoms. The molecule has 0 saturated heterocycles. The number of nitrogens with zero attached hydrogens (tertiary/aromatic N) is 2. The number of rotatable bonds is 9. The molecule has 0 aliphatic carbocycles. The first-order valence-corrected chi connectivity index (χ1v) is 8.93. The lowest BCUT2D eigenvalue weighted by Crippen LogP contribution is -2.14. The minimum atomic E-state index is 0.493. The van der Waals surface area contributed by atoms with Crippen molar-refractivity contribution in [1.82, 2.24) is 9.97 Å². The minimum absolute atomic E-state index is 0.493. The molecule has 0 saturated carbocycles. The van der Waals surface area contributed by atoms with Gasteiger partial charge in [-0.3, -0.25) is 0 Å². The average Bonchev–Trinajstić information content (AvgIpc) is 2.71. The molecular weight excluding hydrogens is 364 g/mol. The molecule has 0 bridgehead atoms. The van der Waals surface area contributed by atoms with Crippen molar-refractivity contribution in [1.29, 1.82) is 0 Å². The van der Waals surface area contributed by atoms with Crippen LogP contribution in [0.3, 0.4) is 0 Å². The van der Waals surface area contributed by atoms with Crippen molar-refractivity contribution in [3.63, 3.8) is 0 Å². The van der Waals surface area contributed by atoms with E-state index in [1.54, 1.807) is 13.3 Å². The molecule has 1 aromatic heterocycles. The van der Waals surface area contributed by atoms with Gasteiger partial charge in [0.25, 0.3) is 0 Å². The van der Waals surface area contributed by atoms with Crippen LogP contribution in [0.4, 0.5) is 11.8 Å². The maximum Gasteiger partial charge on any atom is 0.224 e. The Morgan fingerprint density at radius 2 is 1.74 bits per heavy atom. The first-order chi connectivity index (χ1) is 13.2. The first kappa shape index (κ1) is 18.8. The molecular formula is C20H21ClN4O2. The molecule has 1 heterocycles. The SMILES string of the molecule is COc1ccc(OCCNc2nccc(NCc3ccccc3Cl)n2)cc1. The number of aromatic nitrogens is 2. The minimum Gasteiger partial charge on any atom is -0.497 e. The number of ether oxygens (including phenoxy) is 2. The van der Waals surface area contributed by atoms with E-state index in [4.69, 9.17) is 21.1 Å². The topological polar surface area (TPSA) is 68.3 Å². The van der Waals surface area contributed by atoms with Crippen molar-refractivity contribution in [3.05, 3.63) is 71.4 Å². The Morgan fingerprint density at radius 3 is 2.52 bits per heavy atom. The standard InChI is InChI=1S/C20H21ClN4O2/c1-26-16-6-8-17(9-7-16)27-13-12-23-20-22-11-10-19(25-20)24-14-15-4-2-3-5-18(15)21/h2-11H,12-14H2,1H3,(H2,22,23,24,25). The van der Waals surface area contributed by atoms with Crippen LogP contribution in [-0.2, 0) is 6.54 Å². The lowest BCUT2D eigenvalue weighted by atomic mass is 10.2. The van der Waals surface area contributed by atoms with E-state index in [2.05, 4.69) is 20.6 Å². The second-order valence-electron chi connectivity index (χ2n) is 5.66. The predicted molar refractivity (Wildman–Crippen MR) is 108 cm³/mol. The van der Waals surface area contributed by atoms with E-state index in [1.807, 2.05) is 54.6 Å². The Kier molecular flexibility index (Phi) is 6.71. The molecule has 0 radical (unpaired) electrons. The van der Waals surface area contributed by atoms with Gasteiger partial charge in [0.2, 0.25) is 5.95 Å². The van der Waals surface area contributed by atoms with E-state index in [-0.39, 0.29) is 0 Å². The summed E-state index contributed by atoms with van der Waals surface area (Å²) in [4.78, 5) is 8.66. The van der Waals surface area contributed by atoms with Gasteiger partial charge in [-0.15, -0.1) is 0 Å². The fourth-order valence-electron chi connectivity index (χ4n) is 2.37. The number of nitrogens with one attached hydrogen (secondary N) is 2. The van der Waals surface area contributed by atoms with Crippen LogP contribution in [0.25, 0.3) is 0 Å². The van der Waals surface area contributed by atoms with Crippen LogP contribution in [0.5, 0.6) is 11.5 Å². The quantitative estimate of drug-likeness (QED) is 0.538. The zero-order valence-electron chi connectivity index (χ0n) is 15.0. The summed E-state index contributed by atoms with van der Waals surface area (Å²) in [5.41, 5.74) is 1.01. The summed E-state index contributed by atoms with van der Waals surface area (Å²) in [6, 6.07) is 17.0. The fraction of sp³-hybridized carbons (Fsp3) is 0.200. The maximum absolute atomic E-state index is 6.17. The average molecular weight is 385 g/mol. The van der Waals surface area contributed by atoms with E-state index in [0.29, 0.717) is 25.6 Å². The molecule has 0 aliphatic heterocycles. The van der Waals surface area contributed by atoms with Crippen molar-refractivity contribution < 1.29 is 9.47 Å². The van der Waals surface area contributed by atoms with Crippen molar-refractivity contribution in [2.24, 2.45) is 0 Å². The van der Waals surface area contributed by atoms with Gasteiger partial charge in [-0.25, -0.2) is 4.98 Å². The molecule has 0 spiro atoms. The monoisotopic (exact) mass is 384 g/mol. The molecule has 0 fully saturated rings. The summed E-state index contributed by atoms with van der Waals surface area (Å²) >= 11 is 6.17. The van der Waals surface area contributed by atoms with E-state index < -0.39 is 0 Å². The van der Waals surface area contributed by atoms with Gasteiger partial charge >= 0.3 is 0 Å². The molecule has 2 aromatic carbocycles. The summed E-state index contributed by atoms with van der Waals surface area (Å²) in [6.07, 6.45) is 1.70. The maximum atomic E-state index is 6.17. The van der Waals surface area contributed by atoms with Crippen LogP contribution in [-0.4, -0.2) is 30.2 Å². The first-order valence-electron chi connectivity index (χ1n) is 8.55. The lowest BCUT2D eigenvalue weighted by Gasteiger charge is -2.10. The normalized spacial score (nSPS) is 10.3. The van der Waals surface area contributed by atoms with E-state index in [9.17, 15) is 0 Å². The molecule has 140 valence electrons. The summed E-state index contributed by atoms with van der Waals surface area (Å²) in [7, 11) is 1.64. The molecule has 6 nitrogen and oxygen atoms in total. The number of anilines is 2.